The summed E-state index contributed by atoms with van der Waals surface area (Å²) in [6, 6.07) is 1.68. The molecule has 0 fully saturated rings. The topological polar surface area (TPSA) is 86.0 Å². The van der Waals surface area contributed by atoms with Crippen LogP contribution in [0.25, 0.3) is 0 Å². The number of hydrogen-bond donors (Lipinski definition) is 1. The molecule has 2 aromatic rings. The number of anilines is 1. The van der Waals surface area contributed by atoms with Gasteiger partial charge in [-0.15, -0.1) is 0 Å². The van der Waals surface area contributed by atoms with Crippen LogP contribution in [0.3, 0.4) is 0 Å². The Balaban J connectivity index is 1.85. The molecule has 0 bridgehead atoms. The molecular weight excluding hydrogens is 210 g/mol. The zero-order valence-corrected chi connectivity index (χ0v) is 8.75. The van der Waals surface area contributed by atoms with E-state index in [2.05, 4.69) is 29.9 Å². The minimum Gasteiger partial charge on any atom is -0.481 e. The van der Waals surface area contributed by atoms with Crippen molar-refractivity contribution in [2.24, 2.45) is 0 Å². The van der Waals surface area contributed by atoms with Gasteiger partial charge in [0.05, 0.1) is 7.11 Å². The maximum absolute atomic E-state index is 4.98. The number of methoxy groups -OCH3 is 1. The van der Waals surface area contributed by atoms with Crippen LogP contribution in [0.2, 0.25) is 0 Å². The fourth-order valence-electron chi connectivity index (χ4n) is 1.13. The van der Waals surface area contributed by atoms with Crippen molar-refractivity contribution >= 4 is 5.95 Å². The van der Waals surface area contributed by atoms with Crippen molar-refractivity contribution in [2.75, 3.05) is 19.0 Å². The molecule has 0 aliphatic heterocycles. The summed E-state index contributed by atoms with van der Waals surface area (Å²) in [5.41, 5.74) is 0. The second kappa shape index (κ2) is 5.06. The van der Waals surface area contributed by atoms with E-state index in [-0.39, 0.29) is 0 Å². The molecule has 7 heteroatoms. The van der Waals surface area contributed by atoms with Crippen molar-refractivity contribution in [3.05, 3.63) is 24.5 Å². The van der Waals surface area contributed by atoms with Gasteiger partial charge in [0.2, 0.25) is 18.2 Å². The summed E-state index contributed by atoms with van der Waals surface area (Å²) >= 11 is 0. The van der Waals surface area contributed by atoms with E-state index in [0.717, 1.165) is 0 Å². The van der Waals surface area contributed by atoms with Crippen LogP contribution < -0.4 is 10.1 Å². The summed E-state index contributed by atoms with van der Waals surface area (Å²) in [5.74, 6) is 1.69. The maximum Gasteiger partial charge on any atom is 0.225 e. The van der Waals surface area contributed by atoms with Crippen LogP contribution in [0.4, 0.5) is 5.95 Å². The Kier molecular flexibility index (Phi) is 3.27. The summed E-state index contributed by atoms with van der Waals surface area (Å²) in [6.45, 7) is 0.632. The molecule has 2 heterocycles. The van der Waals surface area contributed by atoms with Crippen LogP contribution in [0.15, 0.2) is 23.2 Å². The molecule has 0 saturated heterocycles. The summed E-state index contributed by atoms with van der Waals surface area (Å²) in [7, 11) is 1.56. The average Bonchev–Trinajstić information content (AvgIpc) is 2.82. The van der Waals surface area contributed by atoms with Crippen molar-refractivity contribution in [2.45, 2.75) is 6.42 Å². The monoisotopic (exact) mass is 221 g/mol. The van der Waals surface area contributed by atoms with E-state index in [1.807, 2.05) is 0 Å². The van der Waals surface area contributed by atoms with Crippen LogP contribution in [-0.4, -0.2) is 33.8 Å². The molecule has 1 N–H and O–H groups in total. The third-order valence-electron chi connectivity index (χ3n) is 1.88. The van der Waals surface area contributed by atoms with Gasteiger partial charge in [-0.3, -0.25) is 0 Å². The van der Waals surface area contributed by atoms with Gasteiger partial charge in [0.1, 0.15) is 0 Å². The van der Waals surface area contributed by atoms with Gasteiger partial charge in [-0.25, -0.2) is 4.98 Å². The average molecular weight is 221 g/mol. The van der Waals surface area contributed by atoms with Crippen LogP contribution in [0.1, 0.15) is 5.82 Å². The normalized spacial score (nSPS) is 10.1. The predicted molar refractivity (Wildman–Crippen MR) is 55.1 cm³/mol. The number of rotatable bonds is 5. The molecule has 84 valence electrons. The predicted octanol–water partition coefficient (Wildman–Crippen LogP) is 0.523. The van der Waals surface area contributed by atoms with E-state index < -0.39 is 0 Å². The van der Waals surface area contributed by atoms with E-state index in [4.69, 9.17) is 4.74 Å². The lowest BCUT2D eigenvalue weighted by atomic mass is 10.4. The van der Waals surface area contributed by atoms with Crippen molar-refractivity contribution in [1.29, 1.82) is 0 Å². The van der Waals surface area contributed by atoms with Gasteiger partial charge < -0.3 is 14.6 Å². The van der Waals surface area contributed by atoms with Gasteiger partial charge in [0, 0.05) is 25.2 Å². The second-order valence-corrected chi connectivity index (χ2v) is 2.95. The molecule has 7 nitrogen and oxygen atoms in total. The number of nitrogens with one attached hydrogen (secondary N) is 1. The molecular formula is C9H11N5O2. The van der Waals surface area contributed by atoms with Crippen LogP contribution in [-0.2, 0) is 6.42 Å². The largest absolute Gasteiger partial charge is 0.481 e. The fraction of sp³-hybridized carbons (Fsp3) is 0.333. The fourth-order valence-corrected chi connectivity index (χ4v) is 1.13. The van der Waals surface area contributed by atoms with Gasteiger partial charge >= 0.3 is 0 Å². The SMILES string of the molecule is COc1ccnc(NCCc2ncon2)n1. The van der Waals surface area contributed by atoms with E-state index in [1.165, 1.54) is 6.39 Å². The highest BCUT2D eigenvalue weighted by Gasteiger charge is 2.00. The summed E-state index contributed by atoms with van der Waals surface area (Å²) in [4.78, 5) is 12.0. The lowest BCUT2D eigenvalue weighted by Gasteiger charge is -2.03. The van der Waals surface area contributed by atoms with Crippen molar-refractivity contribution in [1.82, 2.24) is 20.1 Å². The van der Waals surface area contributed by atoms with Crippen LogP contribution in [0.5, 0.6) is 5.88 Å². The van der Waals surface area contributed by atoms with Crippen molar-refractivity contribution in [3.8, 4) is 5.88 Å². The first-order valence-corrected chi connectivity index (χ1v) is 4.74. The molecule has 0 aromatic carbocycles. The zero-order valence-electron chi connectivity index (χ0n) is 8.75. The molecule has 0 spiro atoms. The van der Waals surface area contributed by atoms with Gasteiger partial charge in [-0.2, -0.15) is 9.97 Å². The quantitative estimate of drug-likeness (QED) is 0.787. The van der Waals surface area contributed by atoms with Gasteiger partial charge in [0.25, 0.3) is 0 Å². The van der Waals surface area contributed by atoms with E-state index in [9.17, 15) is 0 Å². The standard InChI is InChI=1S/C9H11N5O2/c1-15-8-3-5-11-9(13-8)10-4-2-7-12-6-16-14-7/h3,5-6H,2,4H2,1H3,(H,10,11,13). The van der Waals surface area contributed by atoms with Gasteiger partial charge in [-0.05, 0) is 0 Å². The minimum absolute atomic E-state index is 0.517. The summed E-state index contributed by atoms with van der Waals surface area (Å²) in [5, 5.41) is 6.72. The molecule has 0 amide bonds. The Morgan fingerprint density at radius 1 is 1.44 bits per heavy atom. The lowest BCUT2D eigenvalue weighted by molar-refractivity contribution is 0.397. The maximum atomic E-state index is 4.98. The third-order valence-corrected chi connectivity index (χ3v) is 1.88. The number of hydrogen-bond acceptors (Lipinski definition) is 7. The highest BCUT2D eigenvalue weighted by atomic mass is 16.5. The smallest absolute Gasteiger partial charge is 0.225 e. The Labute approximate surface area is 91.9 Å². The first-order valence-electron chi connectivity index (χ1n) is 4.74. The minimum atomic E-state index is 0.517. The molecule has 2 aromatic heterocycles. The van der Waals surface area contributed by atoms with Crippen LogP contribution >= 0.6 is 0 Å². The second-order valence-electron chi connectivity index (χ2n) is 2.95. The number of aromatic nitrogens is 4. The van der Waals surface area contributed by atoms with Gasteiger partial charge in [0.15, 0.2) is 5.82 Å². The Morgan fingerprint density at radius 2 is 2.38 bits per heavy atom. The Morgan fingerprint density at radius 3 is 3.12 bits per heavy atom. The van der Waals surface area contributed by atoms with E-state index >= 15 is 0 Å². The van der Waals surface area contributed by atoms with Gasteiger partial charge in [-0.1, -0.05) is 5.16 Å². The molecule has 0 aliphatic carbocycles. The molecule has 0 aliphatic rings. The first-order chi connectivity index (χ1) is 7.88. The first kappa shape index (κ1) is 10.3. The molecule has 0 unspecified atom stereocenters. The molecule has 2 rings (SSSR count). The molecule has 0 saturated carbocycles. The third kappa shape index (κ3) is 2.66. The highest BCUT2D eigenvalue weighted by molar-refractivity contribution is 5.27. The lowest BCUT2D eigenvalue weighted by Crippen LogP contribution is -2.08. The highest BCUT2D eigenvalue weighted by Crippen LogP contribution is 2.06. The van der Waals surface area contributed by atoms with Crippen LogP contribution in [0, 0.1) is 0 Å². The molecule has 0 radical (unpaired) electrons. The number of ether oxygens (including phenoxy) is 1. The van der Waals surface area contributed by atoms with E-state index in [0.29, 0.717) is 30.6 Å². The zero-order chi connectivity index (χ0) is 11.2. The number of nitrogens with zero attached hydrogens (tertiary/aromatic N) is 4. The Bertz CT molecular complexity index is 431. The van der Waals surface area contributed by atoms with Crippen molar-refractivity contribution in [3.63, 3.8) is 0 Å². The van der Waals surface area contributed by atoms with E-state index in [1.54, 1.807) is 19.4 Å². The molecule has 16 heavy (non-hydrogen) atoms. The summed E-state index contributed by atoms with van der Waals surface area (Å²) < 4.78 is 9.59. The van der Waals surface area contributed by atoms with Crippen molar-refractivity contribution < 1.29 is 9.26 Å². The molecule has 0 atom stereocenters. The summed E-state index contributed by atoms with van der Waals surface area (Å²) in [6.07, 6.45) is 3.58. The Hall–Kier alpha value is -2.18.